The van der Waals surface area contributed by atoms with Crippen LogP contribution in [0.3, 0.4) is 0 Å². The van der Waals surface area contributed by atoms with E-state index in [-0.39, 0.29) is 0 Å². The topological polar surface area (TPSA) is 40.5 Å². The van der Waals surface area contributed by atoms with E-state index in [1.165, 1.54) is 43.2 Å². The minimum atomic E-state index is -0.748. The number of hydrogen-bond acceptors (Lipinski definition) is 2. The molecule has 1 aliphatic rings. The highest BCUT2D eigenvalue weighted by atomic mass is 16.4. The van der Waals surface area contributed by atoms with Crippen molar-refractivity contribution in [1.82, 2.24) is 4.90 Å². The molecule has 0 spiro atoms. The SMILES string of the molecule is CCN(C)C(C(=O)O)c1cccc(C)c1C1CCCCC1. The highest BCUT2D eigenvalue weighted by Crippen LogP contribution is 2.39. The van der Waals surface area contributed by atoms with Gasteiger partial charge in [-0.15, -0.1) is 0 Å². The molecule has 1 fully saturated rings. The second kappa shape index (κ2) is 7.08. The van der Waals surface area contributed by atoms with Gasteiger partial charge in [-0.1, -0.05) is 44.4 Å². The van der Waals surface area contributed by atoms with Gasteiger partial charge in [-0.3, -0.25) is 9.69 Å². The summed E-state index contributed by atoms with van der Waals surface area (Å²) in [6.45, 7) is 4.86. The van der Waals surface area contributed by atoms with E-state index in [1.807, 2.05) is 31.0 Å². The zero-order valence-corrected chi connectivity index (χ0v) is 13.4. The van der Waals surface area contributed by atoms with Crippen LogP contribution in [0.1, 0.15) is 67.7 Å². The Bertz CT molecular complexity index is 492. The lowest BCUT2D eigenvalue weighted by Crippen LogP contribution is -2.32. The molecule has 1 saturated carbocycles. The van der Waals surface area contributed by atoms with Gasteiger partial charge in [0.05, 0.1) is 0 Å². The maximum absolute atomic E-state index is 11.8. The first kappa shape index (κ1) is 16.0. The molecule has 0 bridgehead atoms. The third kappa shape index (κ3) is 3.46. The smallest absolute Gasteiger partial charge is 0.325 e. The van der Waals surface area contributed by atoms with Gasteiger partial charge in [0.25, 0.3) is 0 Å². The van der Waals surface area contributed by atoms with E-state index >= 15 is 0 Å². The standard InChI is InChI=1S/C18H27NO2/c1-4-19(3)17(18(20)21)15-12-8-9-13(2)16(15)14-10-6-5-7-11-14/h8-9,12,14,17H,4-7,10-11H2,1-3H3,(H,20,21). The molecule has 2 rings (SSSR count). The van der Waals surface area contributed by atoms with Crippen LogP contribution in [0.15, 0.2) is 18.2 Å². The van der Waals surface area contributed by atoms with Gasteiger partial charge in [-0.05, 0) is 56.0 Å². The molecule has 0 aliphatic heterocycles. The van der Waals surface area contributed by atoms with Crippen molar-refractivity contribution in [1.29, 1.82) is 0 Å². The summed E-state index contributed by atoms with van der Waals surface area (Å²) in [4.78, 5) is 13.7. The third-order valence-electron chi connectivity index (χ3n) is 4.84. The van der Waals surface area contributed by atoms with E-state index in [9.17, 15) is 9.90 Å². The van der Waals surface area contributed by atoms with Crippen molar-refractivity contribution >= 4 is 5.97 Å². The molecular weight excluding hydrogens is 262 g/mol. The number of carboxylic acid groups (broad SMARTS) is 1. The van der Waals surface area contributed by atoms with Crippen LogP contribution in [-0.4, -0.2) is 29.6 Å². The number of hydrogen-bond donors (Lipinski definition) is 1. The fourth-order valence-corrected chi connectivity index (χ4v) is 3.63. The van der Waals surface area contributed by atoms with Crippen LogP contribution in [0.4, 0.5) is 0 Å². The van der Waals surface area contributed by atoms with Crippen LogP contribution in [0.2, 0.25) is 0 Å². The molecular formula is C18H27NO2. The molecule has 1 aromatic rings. The van der Waals surface area contributed by atoms with Crippen molar-refractivity contribution in [2.24, 2.45) is 0 Å². The number of aryl methyl sites for hydroxylation is 1. The zero-order valence-electron chi connectivity index (χ0n) is 13.4. The molecule has 116 valence electrons. The lowest BCUT2D eigenvalue weighted by Gasteiger charge is -2.31. The molecule has 1 aromatic carbocycles. The number of likely N-dealkylation sites (N-methyl/N-ethyl adjacent to an activating group) is 1. The average Bonchev–Trinajstić information content (AvgIpc) is 2.48. The molecule has 0 radical (unpaired) electrons. The molecule has 0 heterocycles. The van der Waals surface area contributed by atoms with Crippen molar-refractivity contribution in [3.05, 3.63) is 34.9 Å². The van der Waals surface area contributed by atoms with Gasteiger partial charge in [0.1, 0.15) is 6.04 Å². The number of benzene rings is 1. The monoisotopic (exact) mass is 289 g/mol. The van der Waals surface area contributed by atoms with Crippen LogP contribution >= 0.6 is 0 Å². The van der Waals surface area contributed by atoms with Gasteiger partial charge in [0, 0.05) is 0 Å². The number of carboxylic acids is 1. The van der Waals surface area contributed by atoms with E-state index in [2.05, 4.69) is 13.0 Å². The van der Waals surface area contributed by atoms with Crippen molar-refractivity contribution in [3.8, 4) is 0 Å². The van der Waals surface area contributed by atoms with Crippen LogP contribution < -0.4 is 0 Å². The molecule has 3 heteroatoms. The Labute approximate surface area is 128 Å². The summed E-state index contributed by atoms with van der Waals surface area (Å²) in [5.41, 5.74) is 3.54. The highest BCUT2D eigenvalue weighted by Gasteiger charge is 2.29. The van der Waals surface area contributed by atoms with Crippen LogP contribution in [-0.2, 0) is 4.79 Å². The number of carbonyl (C=O) groups is 1. The average molecular weight is 289 g/mol. The second-order valence-corrected chi connectivity index (χ2v) is 6.23. The Kier molecular flexibility index (Phi) is 5.40. The summed E-state index contributed by atoms with van der Waals surface area (Å²) in [7, 11) is 1.89. The summed E-state index contributed by atoms with van der Waals surface area (Å²) in [5.74, 6) is -0.218. The maximum Gasteiger partial charge on any atom is 0.325 e. The highest BCUT2D eigenvalue weighted by molar-refractivity contribution is 5.76. The summed E-state index contributed by atoms with van der Waals surface area (Å²) >= 11 is 0. The van der Waals surface area contributed by atoms with Gasteiger partial charge in [-0.2, -0.15) is 0 Å². The summed E-state index contributed by atoms with van der Waals surface area (Å²) in [6, 6.07) is 5.60. The van der Waals surface area contributed by atoms with Crippen molar-refractivity contribution in [3.63, 3.8) is 0 Å². The Morgan fingerprint density at radius 3 is 2.57 bits per heavy atom. The van der Waals surface area contributed by atoms with Gasteiger partial charge in [-0.25, -0.2) is 0 Å². The first-order valence-corrected chi connectivity index (χ1v) is 8.08. The van der Waals surface area contributed by atoms with E-state index < -0.39 is 12.0 Å². The zero-order chi connectivity index (χ0) is 15.4. The molecule has 0 amide bonds. The normalized spacial score (nSPS) is 17.9. The summed E-state index contributed by atoms with van der Waals surface area (Å²) in [5, 5.41) is 9.70. The fourth-order valence-electron chi connectivity index (χ4n) is 3.63. The lowest BCUT2D eigenvalue weighted by molar-refractivity contribution is -0.143. The van der Waals surface area contributed by atoms with Crippen molar-refractivity contribution < 1.29 is 9.90 Å². The maximum atomic E-state index is 11.8. The quantitative estimate of drug-likeness (QED) is 0.886. The van der Waals surface area contributed by atoms with E-state index in [4.69, 9.17) is 0 Å². The molecule has 1 aliphatic carbocycles. The van der Waals surface area contributed by atoms with E-state index in [0.29, 0.717) is 5.92 Å². The van der Waals surface area contributed by atoms with Gasteiger partial charge >= 0.3 is 5.97 Å². The lowest BCUT2D eigenvalue weighted by atomic mass is 9.78. The van der Waals surface area contributed by atoms with Crippen LogP contribution in [0.5, 0.6) is 0 Å². The molecule has 1 N–H and O–H groups in total. The van der Waals surface area contributed by atoms with Crippen molar-refractivity contribution in [2.75, 3.05) is 13.6 Å². The predicted molar refractivity (Wildman–Crippen MR) is 85.7 cm³/mol. The van der Waals surface area contributed by atoms with E-state index in [0.717, 1.165) is 12.1 Å². The third-order valence-corrected chi connectivity index (χ3v) is 4.84. The van der Waals surface area contributed by atoms with Crippen LogP contribution in [0, 0.1) is 6.92 Å². The Morgan fingerprint density at radius 2 is 2.00 bits per heavy atom. The van der Waals surface area contributed by atoms with Gasteiger partial charge in [0.2, 0.25) is 0 Å². The Balaban J connectivity index is 2.46. The number of aliphatic carboxylic acids is 1. The van der Waals surface area contributed by atoms with Gasteiger partial charge in [0.15, 0.2) is 0 Å². The van der Waals surface area contributed by atoms with Crippen LogP contribution in [0.25, 0.3) is 0 Å². The predicted octanol–water partition coefficient (Wildman–Crippen LogP) is 4.12. The minimum absolute atomic E-state index is 0.530. The first-order valence-electron chi connectivity index (χ1n) is 8.08. The molecule has 21 heavy (non-hydrogen) atoms. The molecule has 1 atom stereocenters. The summed E-state index contributed by atoms with van der Waals surface area (Å²) < 4.78 is 0. The van der Waals surface area contributed by atoms with Crippen molar-refractivity contribution in [2.45, 2.75) is 57.9 Å². The van der Waals surface area contributed by atoms with Gasteiger partial charge < -0.3 is 5.11 Å². The second-order valence-electron chi connectivity index (χ2n) is 6.23. The Morgan fingerprint density at radius 1 is 1.33 bits per heavy atom. The molecule has 1 unspecified atom stereocenters. The fraction of sp³-hybridized carbons (Fsp3) is 0.611. The number of rotatable bonds is 5. The van der Waals surface area contributed by atoms with E-state index in [1.54, 1.807) is 0 Å². The molecule has 3 nitrogen and oxygen atoms in total. The first-order chi connectivity index (χ1) is 10.1. The minimum Gasteiger partial charge on any atom is -0.480 e. The number of nitrogens with zero attached hydrogens (tertiary/aromatic N) is 1. The largest absolute Gasteiger partial charge is 0.480 e. The Hall–Kier alpha value is -1.35. The molecule has 0 saturated heterocycles. The molecule has 0 aromatic heterocycles. The summed E-state index contributed by atoms with van der Waals surface area (Å²) in [6.07, 6.45) is 6.23.